The van der Waals surface area contributed by atoms with E-state index in [1.807, 2.05) is 12.1 Å². The van der Waals surface area contributed by atoms with Gasteiger partial charge in [0.1, 0.15) is 6.61 Å². The molecule has 4 rings (SSSR count). The lowest BCUT2D eigenvalue weighted by atomic mass is 9.89. The fourth-order valence-corrected chi connectivity index (χ4v) is 3.47. The lowest BCUT2D eigenvalue weighted by Crippen LogP contribution is -2.05. The third-order valence-corrected chi connectivity index (χ3v) is 4.54. The second-order valence-electron chi connectivity index (χ2n) is 5.81. The first-order valence-corrected chi connectivity index (χ1v) is 7.72. The Balaban J connectivity index is 1.84. The van der Waals surface area contributed by atoms with E-state index in [0.29, 0.717) is 5.56 Å². The largest absolute Gasteiger partial charge is 0.388 e. The standard InChI is InChI=1S/C21H16O2/c22-13-20(23)14-9-11-15(12-10-14)21-18-7-3-1-5-16(18)17-6-2-4-8-19(17)21/h1-12,21-22H,13H2. The molecule has 0 spiro atoms. The summed E-state index contributed by atoms with van der Waals surface area (Å²) in [4.78, 5) is 11.6. The average molecular weight is 300 g/mol. The second-order valence-corrected chi connectivity index (χ2v) is 5.81. The van der Waals surface area contributed by atoms with Crippen LogP contribution in [0.4, 0.5) is 0 Å². The molecule has 3 aromatic rings. The molecule has 0 bridgehead atoms. The van der Waals surface area contributed by atoms with Gasteiger partial charge in [0, 0.05) is 11.5 Å². The molecular formula is C21H16O2. The maximum Gasteiger partial charge on any atom is 0.188 e. The third-order valence-electron chi connectivity index (χ3n) is 4.54. The number of aliphatic hydroxyl groups excluding tert-OH is 1. The van der Waals surface area contributed by atoms with Crippen molar-refractivity contribution < 1.29 is 9.90 Å². The highest BCUT2D eigenvalue weighted by molar-refractivity contribution is 5.97. The van der Waals surface area contributed by atoms with Crippen LogP contribution in [0.2, 0.25) is 0 Å². The minimum absolute atomic E-state index is 0.195. The summed E-state index contributed by atoms with van der Waals surface area (Å²) in [6.07, 6.45) is 0. The molecule has 3 aromatic carbocycles. The first-order valence-electron chi connectivity index (χ1n) is 7.72. The quantitative estimate of drug-likeness (QED) is 0.580. The molecule has 0 saturated heterocycles. The number of aliphatic hydroxyl groups is 1. The van der Waals surface area contributed by atoms with Gasteiger partial charge in [-0.15, -0.1) is 0 Å². The number of benzene rings is 3. The monoisotopic (exact) mass is 300 g/mol. The predicted molar refractivity (Wildman–Crippen MR) is 90.7 cm³/mol. The number of Topliss-reactive ketones (excluding diaryl/α,β-unsaturated/α-hetero) is 1. The summed E-state index contributed by atoms with van der Waals surface area (Å²) in [6.45, 7) is -0.450. The molecule has 1 aliphatic rings. The van der Waals surface area contributed by atoms with E-state index in [1.165, 1.54) is 22.3 Å². The molecule has 2 nitrogen and oxygen atoms in total. The van der Waals surface area contributed by atoms with Gasteiger partial charge in [-0.1, -0.05) is 72.8 Å². The van der Waals surface area contributed by atoms with E-state index >= 15 is 0 Å². The van der Waals surface area contributed by atoms with E-state index in [1.54, 1.807) is 12.1 Å². The van der Waals surface area contributed by atoms with E-state index in [4.69, 9.17) is 5.11 Å². The number of hydrogen-bond donors (Lipinski definition) is 1. The number of carbonyl (C=O) groups is 1. The minimum Gasteiger partial charge on any atom is -0.388 e. The van der Waals surface area contributed by atoms with Gasteiger partial charge < -0.3 is 5.11 Å². The Bertz CT molecular complexity index is 833. The van der Waals surface area contributed by atoms with E-state index < -0.39 is 6.61 Å². The summed E-state index contributed by atoms with van der Waals surface area (Å²) in [6, 6.07) is 24.5. The maximum atomic E-state index is 11.6. The summed E-state index contributed by atoms with van der Waals surface area (Å²) in [7, 11) is 0. The highest BCUT2D eigenvalue weighted by Gasteiger charge is 2.29. The average Bonchev–Trinajstić information content (AvgIpc) is 2.96. The van der Waals surface area contributed by atoms with Crippen LogP contribution in [0.25, 0.3) is 11.1 Å². The zero-order valence-electron chi connectivity index (χ0n) is 12.6. The first kappa shape index (κ1) is 13.9. The molecule has 0 heterocycles. The van der Waals surface area contributed by atoms with Crippen LogP contribution in [0.1, 0.15) is 33.0 Å². The van der Waals surface area contributed by atoms with Crippen molar-refractivity contribution in [2.24, 2.45) is 0 Å². The Morgan fingerprint density at radius 3 is 1.83 bits per heavy atom. The SMILES string of the molecule is O=C(CO)c1ccc(C2c3ccccc3-c3ccccc32)cc1. The topological polar surface area (TPSA) is 37.3 Å². The van der Waals surface area contributed by atoms with Gasteiger partial charge in [-0.3, -0.25) is 4.79 Å². The summed E-state index contributed by atoms with van der Waals surface area (Å²) < 4.78 is 0. The second kappa shape index (κ2) is 5.49. The summed E-state index contributed by atoms with van der Waals surface area (Å²) in [5, 5.41) is 8.98. The summed E-state index contributed by atoms with van der Waals surface area (Å²) in [5.41, 5.74) is 6.88. The fourth-order valence-electron chi connectivity index (χ4n) is 3.47. The number of hydrogen-bond acceptors (Lipinski definition) is 2. The molecule has 2 heteroatoms. The van der Waals surface area contributed by atoms with Gasteiger partial charge in [-0.25, -0.2) is 0 Å². The molecule has 0 amide bonds. The Labute approximate surface area is 135 Å². The van der Waals surface area contributed by atoms with Crippen LogP contribution in [0.3, 0.4) is 0 Å². The van der Waals surface area contributed by atoms with Crippen LogP contribution in [0.15, 0.2) is 72.8 Å². The zero-order chi connectivity index (χ0) is 15.8. The molecule has 23 heavy (non-hydrogen) atoms. The molecule has 0 aliphatic heterocycles. The van der Waals surface area contributed by atoms with E-state index in [-0.39, 0.29) is 11.7 Å². The van der Waals surface area contributed by atoms with Gasteiger partial charge in [0.15, 0.2) is 5.78 Å². The smallest absolute Gasteiger partial charge is 0.188 e. The van der Waals surface area contributed by atoms with Crippen molar-refractivity contribution in [2.75, 3.05) is 6.61 Å². The van der Waals surface area contributed by atoms with Crippen molar-refractivity contribution in [3.05, 3.63) is 95.1 Å². The first-order chi connectivity index (χ1) is 11.3. The minimum atomic E-state index is -0.450. The van der Waals surface area contributed by atoms with Gasteiger partial charge in [0.25, 0.3) is 0 Å². The van der Waals surface area contributed by atoms with Gasteiger partial charge >= 0.3 is 0 Å². The van der Waals surface area contributed by atoms with E-state index in [2.05, 4.69) is 48.5 Å². The Hall–Kier alpha value is -2.71. The van der Waals surface area contributed by atoms with Gasteiger partial charge in [-0.05, 0) is 27.8 Å². The van der Waals surface area contributed by atoms with Crippen LogP contribution in [-0.4, -0.2) is 17.5 Å². The fraction of sp³-hybridized carbons (Fsp3) is 0.0952. The summed E-state index contributed by atoms with van der Waals surface area (Å²) >= 11 is 0. The number of ketones is 1. The van der Waals surface area contributed by atoms with E-state index in [0.717, 1.165) is 5.56 Å². The van der Waals surface area contributed by atoms with E-state index in [9.17, 15) is 4.79 Å². The molecule has 112 valence electrons. The van der Waals surface area contributed by atoms with Crippen molar-refractivity contribution in [3.63, 3.8) is 0 Å². The van der Waals surface area contributed by atoms with Crippen molar-refractivity contribution in [1.82, 2.24) is 0 Å². The van der Waals surface area contributed by atoms with Gasteiger partial charge in [0.05, 0.1) is 0 Å². The van der Waals surface area contributed by atoms with Crippen LogP contribution in [0.5, 0.6) is 0 Å². The Morgan fingerprint density at radius 2 is 1.30 bits per heavy atom. The molecule has 1 aliphatic carbocycles. The van der Waals surface area contributed by atoms with Gasteiger partial charge in [0.2, 0.25) is 0 Å². The van der Waals surface area contributed by atoms with Crippen LogP contribution in [0, 0.1) is 0 Å². The molecule has 0 unspecified atom stereocenters. The molecule has 0 fully saturated rings. The van der Waals surface area contributed by atoms with Crippen molar-refractivity contribution in [2.45, 2.75) is 5.92 Å². The molecule has 0 atom stereocenters. The summed E-state index contributed by atoms with van der Waals surface area (Å²) in [5.74, 6) is -0.0514. The molecule has 0 radical (unpaired) electrons. The van der Waals surface area contributed by atoms with Crippen LogP contribution in [-0.2, 0) is 0 Å². The molecule has 0 aromatic heterocycles. The predicted octanol–water partition coefficient (Wildman–Crippen LogP) is 4.02. The number of rotatable bonds is 3. The number of fused-ring (bicyclic) bond motifs is 3. The Kier molecular flexibility index (Phi) is 3.32. The zero-order valence-corrected chi connectivity index (χ0v) is 12.6. The van der Waals surface area contributed by atoms with Crippen molar-refractivity contribution in [3.8, 4) is 11.1 Å². The van der Waals surface area contributed by atoms with Crippen LogP contribution < -0.4 is 0 Å². The molecule has 1 N–H and O–H groups in total. The highest BCUT2D eigenvalue weighted by Crippen LogP contribution is 2.47. The third kappa shape index (κ3) is 2.19. The van der Waals surface area contributed by atoms with Crippen LogP contribution >= 0.6 is 0 Å². The maximum absolute atomic E-state index is 11.6. The molecular weight excluding hydrogens is 284 g/mol. The lowest BCUT2D eigenvalue weighted by molar-refractivity contribution is 0.0903. The lowest BCUT2D eigenvalue weighted by Gasteiger charge is -2.14. The van der Waals surface area contributed by atoms with Crippen molar-refractivity contribution >= 4 is 5.78 Å². The molecule has 0 saturated carbocycles. The number of carbonyl (C=O) groups excluding carboxylic acids is 1. The Morgan fingerprint density at radius 1 is 0.783 bits per heavy atom. The normalized spacial score (nSPS) is 12.7. The van der Waals surface area contributed by atoms with Gasteiger partial charge in [-0.2, -0.15) is 0 Å². The highest BCUT2D eigenvalue weighted by atomic mass is 16.3. The van der Waals surface area contributed by atoms with Crippen molar-refractivity contribution in [1.29, 1.82) is 0 Å².